The molecule has 1 heterocycles. The second kappa shape index (κ2) is 10.1. The van der Waals surface area contributed by atoms with Gasteiger partial charge in [-0.1, -0.05) is 18.2 Å². The fraction of sp³-hybridized carbons (Fsp3) is 0.579. The summed E-state index contributed by atoms with van der Waals surface area (Å²) in [5, 5.41) is 13.4. The van der Waals surface area contributed by atoms with Crippen molar-refractivity contribution in [3.63, 3.8) is 0 Å². The summed E-state index contributed by atoms with van der Waals surface area (Å²) in [5.74, 6) is 0.0304. The summed E-state index contributed by atoms with van der Waals surface area (Å²) in [5.41, 5.74) is 0.244. The van der Waals surface area contributed by atoms with Gasteiger partial charge in [-0.25, -0.2) is 4.39 Å². The molecule has 1 saturated heterocycles. The Balaban J connectivity index is 1.97. The van der Waals surface area contributed by atoms with Crippen molar-refractivity contribution in [2.45, 2.75) is 32.8 Å². The average Bonchev–Trinajstić information content (AvgIpc) is 2.65. The topological polar surface area (TPSA) is 74.2 Å². The zero-order chi connectivity index (χ0) is 18.9. The van der Waals surface area contributed by atoms with Crippen LogP contribution in [0.2, 0.25) is 0 Å². The Kier molecular flexibility index (Phi) is 7.84. The van der Waals surface area contributed by atoms with E-state index in [4.69, 9.17) is 4.74 Å². The number of piperidine rings is 1. The number of carbonyl (C=O) groups is 1. The molecule has 6 nitrogen and oxygen atoms in total. The average molecular weight is 365 g/mol. The van der Waals surface area contributed by atoms with Crippen molar-refractivity contribution in [3.8, 4) is 0 Å². The number of nitrogens with one attached hydrogen (secondary N) is 1. The summed E-state index contributed by atoms with van der Waals surface area (Å²) >= 11 is 0. The summed E-state index contributed by atoms with van der Waals surface area (Å²) in [4.78, 5) is 18.4. The second-order valence-corrected chi connectivity index (χ2v) is 6.25. The Bertz CT molecular complexity index is 616. The molecule has 0 spiro atoms. The van der Waals surface area contributed by atoms with Crippen molar-refractivity contribution < 1.29 is 19.0 Å². The summed E-state index contributed by atoms with van der Waals surface area (Å²) < 4.78 is 18.9. The predicted octanol–water partition coefficient (Wildman–Crippen LogP) is 2.10. The molecule has 2 N–H and O–H groups in total. The molecule has 0 radical (unpaired) electrons. The molecule has 0 aromatic heterocycles. The standard InChI is InChI=1S/C19H28FN3O3/c1-3-21-19(22-13-17(24)15-7-5-6-8-16(15)20)23-11-9-14(10-12-23)18(25)26-4-2/h5-8,14,17,24H,3-4,9-13H2,1-2H3,(H,21,22). The quantitative estimate of drug-likeness (QED) is 0.459. The first kappa shape index (κ1) is 20.2. The highest BCUT2D eigenvalue weighted by Crippen LogP contribution is 2.20. The number of carbonyl (C=O) groups excluding carboxylic acids is 1. The van der Waals surface area contributed by atoms with Gasteiger partial charge in [0.25, 0.3) is 0 Å². The van der Waals surface area contributed by atoms with Crippen LogP contribution < -0.4 is 5.32 Å². The first-order valence-electron chi connectivity index (χ1n) is 9.19. The number of likely N-dealkylation sites (tertiary alicyclic amines) is 1. The molecular weight excluding hydrogens is 337 g/mol. The summed E-state index contributed by atoms with van der Waals surface area (Å²) in [7, 11) is 0. The molecule has 1 atom stereocenters. The van der Waals surface area contributed by atoms with E-state index in [0.717, 1.165) is 0 Å². The van der Waals surface area contributed by atoms with Crippen LogP contribution in [0, 0.1) is 11.7 Å². The van der Waals surface area contributed by atoms with Crippen molar-refractivity contribution in [1.29, 1.82) is 0 Å². The smallest absolute Gasteiger partial charge is 0.309 e. The van der Waals surface area contributed by atoms with Crippen LogP contribution in [0.3, 0.4) is 0 Å². The molecule has 0 aliphatic carbocycles. The van der Waals surface area contributed by atoms with E-state index in [9.17, 15) is 14.3 Å². The van der Waals surface area contributed by atoms with Gasteiger partial charge >= 0.3 is 5.97 Å². The number of aliphatic hydroxyl groups excluding tert-OH is 1. The molecule has 1 aliphatic heterocycles. The molecule has 1 aromatic carbocycles. The van der Waals surface area contributed by atoms with Crippen LogP contribution in [-0.4, -0.2) is 54.7 Å². The second-order valence-electron chi connectivity index (χ2n) is 6.25. The van der Waals surface area contributed by atoms with E-state index in [0.29, 0.717) is 45.0 Å². The monoisotopic (exact) mass is 365 g/mol. The van der Waals surface area contributed by atoms with Gasteiger partial charge in [0.15, 0.2) is 5.96 Å². The van der Waals surface area contributed by atoms with Crippen molar-refractivity contribution in [2.75, 3.05) is 32.8 Å². The van der Waals surface area contributed by atoms with Gasteiger partial charge in [0, 0.05) is 25.2 Å². The minimum atomic E-state index is -0.998. The van der Waals surface area contributed by atoms with Crippen LogP contribution in [0.5, 0.6) is 0 Å². The molecule has 1 unspecified atom stereocenters. The van der Waals surface area contributed by atoms with E-state index in [2.05, 4.69) is 15.2 Å². The van der Waals surface area contributed by atoms with Crippen molar-refractivity contribution in [1.82, 2.24) is 10.2 Å². The number of aliphatic hydroxyl groups is 1. The van der Waals surface area contributed by atoms with E-state index in [1.54, 1.807) is 18.2 Å². The SMILES string of the molecule is CCNC(=NCC(O)c1ccccc1F)N1CCC(C(=O)OCC)CC1. The lowest BCUT2D eigenvalue weighted by molar-refractivity contribution is -0.149. The number of halogens is 1. The van der Waals surface area contributed by atoms with Crippen LogP contribution in [0.15, 0.2) is 29.3 Å². The molecule has 1 fully saturated rings. The van der Waals surface area contributed by atoms with Crippen LogP contribution in [0.25, 0.3) is 0 Å². The molecule has 144 valence electrons. The molecular formula is C19H28FN3O3. The van der Waals surface area contributed by atoms with Gasteiger partial charge in [0.05, 0.1) is 19.1 Å². The maximum Gasteiger partial charge on any atom is 0.309 e. The molecule has 0 amide bonds. The number of rotatable bonds is 6. The molecule has 1 aromatic rings. The first-order valence-corrected chi connectivity index (χ1v) is 9.19. The van der Waals surface area contributed by atoms with E-state index in [-0.39, 0.29) is 24.0 Å². The van der Waals surface area contributed by atoms with Gasteiger partial charge < -0.3 is 20.1 Å². The predicted molar refractivity (Wildman–Crippen MR) is 98.3 cm³/mol. The minimum absolute atomic E-state index is 0.0705. The van der Waals surface area contributed by atoms with Gasteiger partial charge in [0.2, 0.25) is 0 Å². The number of aliphatic imine (C=N–C) groups is 1. The van der Waals surface area contributed by atoms with Gasteiger partial charge in [-0.05, 0) is 32.8 Å². The van der Waals surface area contributed by atoms with E-state index >= 15 is 0 Å². The van der Waals surface area contributed by atoms with Gasteiger partial charge in [-0.15, -0.1) is 0 Å². The van der Waals surface area contributed by atoms with Gasteiger partial charge in [-0.2, -0.15) is 0 Å². The number of benzene rings is 1. The van der Waals surface area contributed by atoms with Crippen LogP contribution in [0.4, 0.5) is 4.39 Å². The third-order valence-corrected chi connectivity index (χ3v) is 4.43. The number of nitrogens with zero attached hydrogens (tertiary/aromatic N) is 2. The maximum atomic E-state index is 13.8. The highest BCUT2D eigenvalue weighted by Gasteiger charge is 2.27. The fourth-order valence-electron chi connectivity index (χ4n) is 3.03. The largest absolute Gasteiger partial charge is 0.466 e. The third-order valence-electron chi connectivity index (χ3n) is 4.43. The molecule has 1 aliphatic rings. The van der Waals surface area contributed by atoms with Crippen molar-refractivity contribution >= 4 is 11.9 Å². The normalized spacial score (nSPS) is 17.1. The number of esters is 1. The van der Waals surface area contributed by atoms with Crippen LogP contribution >= 0.6 is 0 Å². The van der Waals surface area contributed by atoms with Crippen molar-refractivity contribution in [3.05, 3.63) is 35.6 Å². The van der Waals surface area contributed by atoms with Crippen molar-refractivity contribution in [2.24, 2.45) is 10.9 Å². The van der Waals surface area contributed by atoms with Crippen LogP contribution in [0.1, 0.15) is 38.4 Å². The lowest BCUT2D eigenvalue weighted by Crippen LogP contribution is -2.47. The fourth-order valence-corrected chi connectivity index (χ4v) is 3.03. The Morgan fingerprint density at radius 2 is 2.08 bits per heavy atom. The molecule has 0 bridgehead atoms. The number of hydrogen-bond donors (Lipinski definition) is 2. The molecule has 2 rings (SSSR count). The number of ether oxygens (including phenoxy) is 1. The number of guanidine groups is 1. The lowest BCUT2D eigenvalue weighted by atomic mass is 9.97. The number of hydrogen-bond acceptors (Lipinski definition) is 4. The lowest BCUT2D eigenvalue weighted by Gasteiger charge is -2.33. The Morgan fingerprint density at radius 1 is 1.38 bits per heavy atom. The minimum Gasteiger partial charge on any atom is -0.466 e. The molecule has 0 saturated carbocycles. The zero-order valence-electron chi connectivity index (χ0n) is 15.4. The zero-order valence-corrected chi connectivity index (χ0v) is 15.4. The summed E-state index contributed by atoms with van der Waals surface area (Å²) in [6.45, 7) is 6.30. The highest BCUT2D eigenvalue weighted by atomic mass is 19.1. The maximum absolute atomic E-state index is 13.8. The highest BCUT2D eigenvalue weighted by molar-refractivity contribution is 5.80. The summed E-state index contributed by atoms with van der Waals surface area (Å²) in [6, 6.07) is 6.17. The van der Waals surface area contributed by atoms with E-state index < -0.39 is 11.9 Å². The Hall–Kier alpha value is -2.15. The molecule has 26 heavy (non-hydrogen) atoms. The van der Waals surface area contributed by atoms with E-state index in [1.165, 1.54) is 6.07 Å². The van der Waals surface area contributed by atoms with Gasteiger partial charge in [-0.3, -0.25) is 9.79 Å². The first-order chi connectivity index (χ1) is 12.6. The Labute approximate surface area is 154 Å². The Morgan fingerprint density at radius 3 is 2.69 bits per heavy atom. The van der Waals surface area contributed by atoms with Crippen LogP contribution in [-0.2, 0) is 9.53 Å². The van der Waals surface area contributed by atoms with E-state index in [1.807, 2.05) is 13.8 Å². The molecule has 7 heteroatoms. The van der Waals surface area contributed by atoms with Gasteiger partial charge in [0.1, 0.15) is 11.9 Å². The summed E-state index contributed by atoms with van der Waals surface area (Å²) in [6.07, 6.45) is 0.417. The third kappa shape index (κ3) is 5.42.